The minimum atomic E-state index is 0.412. The van der Waals surface area contributed by atoms with Crippen LogP contribution in [0.2, 0.25) is 0 Å². The molecule has 1 aromatic heterocycles. The highest BCUT2D eigenvalue weighted by molar-refractivity contribution is 5.43. The van der Waals surface area contributed by atoms with Crippen molar-refractivity contribution >= 4 is 11.6 Å². The third kappa shape index (κ3) is 3.50. The molecule has 6 heteroatoms. The Bertz CT molecular complexity index is 558. The number of aromatic nitrogens is 2. The largest absolute Gasteiger partial charge is 0.493 e. The predicted molar refractivity (Wildman–Crippen MR) is 78.2 cm³/mol. The molecule has 0 bridgehead atoms. The topological polar surface area (TPSA) is 82.3 Å². The Morgan fingerprint density at radius 2 is 1.90 bits per heavy atom. The molecule has 2 aromatic rings. The quantitative estimate of drug-likeness (QED) is 0.834. The van der Waals surface area contributed by atoms with Gasteiger partial charge in [-0.05, 0) is 24.1 Å². The summed E-state index contributed by atoms with van der Waals surface area (Å²) >= 11 is 0. The van der Waals surface area contributed by atoms with E-state index in [9.17, 15) is 0 Å². The van der Waals surface area contributed by atoms with Gasteiger partial charge in [-0.25, -0.2) is 9.97 Å². The monoisotopic (exact) mass is 274 g/mol. The Kier molecular flexibility index (Phi) is 4.60. The number of methoxy groups -OCH3 is 2. The standard InChI is InChI=1S/C14H18N4O2/c1-19-11-4-3-10(7-12(11)20-2)5-6-16-14-9-17-13(15)8-18-14/h3-4,7-9H,5-6H2,1-2H3,(H2,15,17)(H,16,18). The van der Waals surface area contributed by atoms with Crippen LogP contribution >= 0.6 is 0 Å². The van der Waals surface area contributed by atoms with Gasteiger partial charge in [-0.15, -0.1) is 0 Å². The zero-order chi connectivity index (χ0) is 14.4. The Labute approximate surface area is 118 Å². The maximum Gasteiger partial charge on any atom is 0.160 e. The molecule has 1 heterocycles. The lowest BCUT2D eigenvalue weighted by Crippen LogP contribution is -2.07. The van der Waals surface area contributed by atoms with Crippen LogP contribution < -0.4 is 20.5 Å². The van der Waals surface area contributed by atoms with Gasteiger partial charge in [0.05, 0.1) is 26.6 Å². The maximum atomic E-state index is 5.48. The van der Waals surface area contributed by atoms with Crippen LogP contribution in [0.25, 0.3) is 0 Å². The van der Waals surface area contributed by atoms with E-state index >= 15 is 0 Å². The predicted octanol–water partition coefficient (Wildman–Crippen LogP) is 1.73. The summed E-state index contributed by atoms with van der Waals surface area (Å²) in [4.78, 5) is 8.10. The van der Waals surface area contributed by atoms with Crippen LogP contribution in [-0.2, 0) is 6.42 Å². The molecule has 1 aromatic carbocycles. The summed E-state index contributed by atoms with van der Waals surface area (Å²) in [6.45, 7) is 0.744. The number of nitrogens with zero attached hydrogens (tertiary/aromatic N) is 2. The van der Waals surface area contributed by atoms with E-state index in [0.29, 0.717) is 11.6 Å². The number of ether oxygens (including phenoxy) is 2. The Hall–Kier alpha value is -2.50. The number of nitrogens with one attached hydrogen (secondary N) is 1. The van der Waals surface area contributed by atoms with Gasteiger partial charge in [0.15, 0.2) is 11.5 Å². The molecule has 20 heavy (non-hydrogen) atoms. The Morgan fingerprint density at radius 1 is 1.10 bits per heavy atom. The summed E-state index contributed by atoms with van der Waals surface area (Å²) < 4.78 is 10.5. The third-order valence-corrected chi connectivity index (χ3v) is 2.84. The molecule has 0 aliphatic heterocycles. The third-order valence-electron chi connectivity index (χ3n) is 2.84. The van der Waals surface area contributed by atoms with Gasteiger partial charge >= 0.3 is 0 Å². The second-order valence-electron chi connectivity index (χ2n) is 4.19. The molecule has 0 amide bonds. The average molecular weight is 274 g/mol. The van der Waals surface area contributed by atoms with Gasteiger partial charge < -0.3 is 20.5 Å². The highest BCUT2D eigenvalue weighted by atomic mass is 16.5. The van der Waals surface area contributed by atoms with Crippen LogP contribution in [0, 0.1) is 0 Å². The van der Waals surface area contributed by atoms with Crippen molar-refractivity contribution in [1.82, 2.24) is 9.97 Å². The molecule has 2 rings (SSSR count). The minimum Gasteiger partial charge on any atom is -0.493 e. The zero-order valence-electron chi connectivity index (χ0n) is 11.6. The minimum absolute atomic E-state index is 0.412. The summed E-state index contributed by atoms with van der Waals surface area (Å²) in [5, 5.41) is 3.19. The molecular formula is C14H18N4O2. The number of nitrogen functional groups attached to an aromatic ring is 1. The number of anilines is 2. The first-order valence-corrected chi connectivity index (χ1v) is 6.25. The fraction of sp³-hybridized carbons (Fsp3) is 0.286. The molecule has 3 N–H and O–H groups in total. The van der Waals surface area contributed by atoms with Crippen molar-refractivity contribution in [2.45, 2.75) is 6.42 Å². The van der Waals surface area contributed by atoms with Crippen molar-refractivity contribution in [2.75, 3.05) is 31.8 Å². The van der Waals surface area contributed by atoms with Gasteiger partial charge in [0.1, 0.15) is 11.6 Å². The SMILES string of the molecule is COc1ccc(CCNc2cnc(N)cn2)cc1OC. The van der Waals surface area contributed by atoms with Gasteiger partial charge in [0.25, 0.3) is 0 Å². The number of hydrogen-bond donors (Lipinski definition) is 2. The second-order valence-corrected chi connectivity index (χ2v) is 4.19. The number of nitrogens with two attached hydrogens (primary N) is 1. The second kappa shape index (κ2) is 6.60. The van der Waals surface area contributed by atoms with Crippen LogP contribution in [0.4, 0.5) is 11.6 Å². The molecule has 0 fully saturated rings. The fourth-order valence-corrected chi connectivity index (χ4v) is 1.80. The molecule has 106 valence electrons. The van der Waals surface area contributed by atoms with E-state index in [4.69, 9.17) is 15.2 Å². The van der Waals surface area contributed by atoms with E-state index < -0.39 is 0 Å². The van der Waals surface area contributed by atoms with E-state index in [2.05, 4.69) is 15.3 Å². The van der Waals surface area contributed by atoms with Gasteiger partial charge in [0.2, 0.25) is 0 Å². The highest BCUT2D eigenvalue weighted by Gasteiger charge is 2.04. The number of hydrogen-bond acceptors (Lipinski definition) is 6. The van der Waals surface area contributed by atoms with Gasteiger partial charge in [-0.2, -0.15) is 0 Å². The lowest BCUT2D eigenvalue weighted by molar-refractivity contribution is 0.354. The van der Waals surface area contributed by atoms with Crippen molar-refractivity contribution in [3.63, 3.8) is 0 Å². The van der Waals surface area contributed by atoms with Crippen LogP contribution in [0.3, 0.4) is 0 Å². The van der Waals surface area contributed by atoms with E-state index in [1.165, 1.54) is 6.20 Å². The van der Waals surface area contributed by atoms with E-state index in [1.54, 1.807) is 20.4 Å². The molecule has 0 saturated heterocycles. The van der Waals surface area contributed by atoms with Crippen LogP contribution in [0.15, 0.2) is 30.6 Å². The molecule has 0 aliphatic rings. The van der Waals surface area contributed by atoms with Crippen molar-refractivity contribution in [1.29, 1.82) is 0 Å². The fourth-order valence-electron chi connectivity index (χ4n) is 1.80. The van der Waals surface area contributed by atoms with Gasteiger partial charge in [-0.1, -0.05) is 6.07 Å². The van der Waals surface area contributed by atoms with E-state index in [0.717, 1.165) is 30.0 Å². The molecule has 0 spiro atoms. The van der Waals surface area contributed by atoms with E-state index in [1.807, 2.05) is 18.2 Å². The summed E-state index contributed by atoms with van der Waals surface area (Å²) in [5.41, 5.74) is 6.63. The molecular weight excluding hydrogens is 256 g/mol. The van der Waals surface area contributed by atoms with Gasteiger partial charge in [-0.3, -0.25) is 0 Å². The van der Waals surface area contributed by atoms with E-state index in [-0.39, 0.29) is 0 Å². The smallest absolute Gasteiger partial charge is 0.160 e. The van der Waals surface area contributed by atoms with Crippen LogP contribution in [-0.4, -0.2) is 30.7 Å². The van der Waals surface area contributed by atoms with Crippen LogP contribution in [0.1, 0.15) is 5.56 Å². The van der Waals surface area contributed by atoms with Crippen molar-refractivity contribution < 1.29 is 9.47 Å². The average Bonchev–Trinajstić information content (AvgIpc) is 2.49. The summed E-state index contributed by atoms with van der Waals surface area (Å²) in [6, 6.07) is 5.88. The molecule has 0 aliphatic carbocycles. The Morgan fingerprint density at radius 3 is 2.55 bits per heavy atom. The lowest BCUT2D eigenvalue weighted by Gasteiger charge is -2.10. The Balaban J connectivity index is 1.92. The first kappa shape index (κ1) is 13.9. The molecule has 0 unspecified atom stereocenters. The van der Waals surface area contributed by atoms with Crippen molar-refractivity contribution in [3.8, 4) is 11.5 Å². The lowest BCUT2D eigenvalue weighted by atomic mass is 10.1. The summed E-state index contributed by atoms with van der Waals surface area (Å²) in [5.74, 6) is 2.58. The number of benzene rings is 1. The first-order valence-electron chi connectivity index (χ1n) is 6.25. The maximum absolute atomic E-state index is 5.48. The highest BCUT2D eigenvalue weighted by Crippen LogP contribution is 2.27. The van der Waals surface area contributed by atoms with Crippen molar-refractivity contribution in [2.24, 2.45) is 0 Å². The summed E-state index contributed by atoms with van der Waals surface area (Å²) in [7, 11) is 3.25. The molecule has 0 radical (unpaired) electrons. The normalized spacial score (nSPS) is 10.1. The molecule has 0 atom stereocenters. The number of rotatable bonds is 6. The first-order chi connectivity index (χ1) is 9.72. The zero-order valence-corrected chi connectivity index (χ0v) is 11.6. The van der Waals surface area contributed by atoms with Crippen LogP contribution in [0.5, 0.6) is 11.5 Å². The summed E-state index contributed by atoms with van der Waals surface area (Å²) in [6.07, 6.45) is 3.98. The molecule has 6 nitrogen and oxygen atoms in total. The van der Waals surface area contributed by atoms with Crippen molar-refractivity contribution in [3.05, 3.63) is 36.2 Å². The van der Waals surface area contributed by atoms with Gasteiger partial charge in [0, 0.05) is 6.54 Å². The molecule has 0 saturated carbocycles.